The number of amides is 2. The van der Waals surface area contributed by atoms with Crippen LogP contribution in [0.2, 0.25) is 5.02 Å². The molecule has 5 nitrogen and oxygen atoms in total. The average molecular weight is 431 g/mol. The monoisotopic (exact) mass is 430 g/mol. The highest BCUT2D eigenvalue weighted by Gasteiger charge is 2.29. The molecule has 0 unspecified atom stereocenters. The van der Waals surface area contributed by atoms with Crippen molar-refractivity contribution < 1.29 is 14.3 Å². The van der Waals surface area contributed by atoms with Crippen LogP contribution in [-0.2, 0) is 16.1 Å². The molecule has 162 valence electrons. The van der Waals surface area contributed by atoms with E-state index in [1.54, 1.807) is 29.2 Å². The highest BCUT2D eigenvalue weighted by Crippen LogP contribution is 2.23. The van der Waals surface area contributed by atoms with E-state index in [0.29, 0.717) is 36.2 Å². The van der Waals surface area contributed by atoms with Gasteiger partial charge in [0.15, 0.2) is 6.61 Å². The predicted molar refractivity (Wildman–Crippen MR) is 121 cm³/mol. The summed E-state index contributed by atoms with van der Waals surface area (Å²) >= 11 is 6.13. The molecule has 0 aliphatic heterocycles. The number of aryl methyl sites for hydroxylation is 1. The van der Waals surface area contributed by atoms with Gasteiger partial charge in [0.2, 0.25) is 5.91 Å². The molecular weight excluding hydrogens is 400 g/mol. The van der Waals surface area contributed by atoms with E-state index < -0.39 is 6.04 Å². The van der Waals surface area contributed by atoms with Gasteiger partial charge >= 0.3 is 0 Å². The third-order valence-electron chi connectivity index (χ3n) is 4.69. The van der Waals surface area contributed by atoms with Gasteiger partial charge in [0.1, 0.15) is 11.8 Å². The molecule has 0 aromatic heterocycles. The number of nitrogens with zero attached hydrogens (tertiary/aromatic N) is 1. The van der Waals surface area contributed by atoms with Gasteiger partial charge in [-0.25, -0.2) is 0 Å². The molecule has 2 amide bonds. The van der Waals surface area contributed by atoms with Crippen molar-refractivity contribution in [2.75, 3.05) is 13.2 Å². The lowest BCUT2D eigenvalue weighted by atomic mass is 10.1. The lowest BCUT2D eigenvalue weighted by molar-refractivity contribution is -0.143. The van der Waals surface area contributed by atoms with Crippen molar-refractivity contribution in [3.05, 3.63) is 64.7 Å². The van der Waals surface area contributed by atoms with E-state index in [4.69, 9.17) is 16.3 Å². The molecule has 2 aromatic carbocycles. The Hall–Kier alpha value is -2.53. The summed E-state index contributed by atoms with van der Waals surface area (Å²) in [5.41, 5.74) is 2.07. The average Bonchev–Trinajstić information content (AvgIpc) is 2.71. The molecular formula is C24H31ClN2O3. The van der Waals surface area contributed by atoms with Crippen molar-refractivity contribution >= 4 is 23.4 Å². The number of halogens is 1. The zero-order chi connectivity index (χ0) is 22.1. The van der Waals surface area contributed by atoms with Crippen molar-refractivity contribution in [1.82, 2.24) is 10.2 Å². The van der Waals surface area contributed by atoms with Crippen LogP contribution in [0.25, 0.3) is 0 Å². The summed E-state index contributed by atoms with van der Waals surface area (Å²) in [6, 6.07) is 14.4. The first kappa shape index (κ1) is 23.7. The number of carbonyl (C=O) groups excluding carboxylic acids is 2. The fourth-order valence-corrected chi connectivity index (χ4v) is 3.32. The second-order valence-corrected chi connectivity index (χ2v) is 8.20. The molecule has 0 spiro atoms. The lowest BCUT2D eigenvalue weighted by Crippen LogP contribution is -2.50. The molecule has 0 saturated carbocycles. The van der Waals surface area contributed by atoms with Crippen LogP contribution in [0.4, 0.5) is 0 Å². The summed E-state index contributed by atoms with van der Waals surface area (Å²) in [5.74, 6) is 0.365. The van der Waals surface area contributed by atoms with E-state index in [9.17, 15) is 9.59 Å². The van der Waals surface area contributed by atoms with Crippen LogP contribution in [0.5, 0.6) is 5.75 Å². The van der Waals surface area contributed by atoms with Gasteiger partial charge in [0.25, 0.3) is 5.91 Å². The maximum Gasteiger partial charge on any atom is 0.261 e. The van der Waals surface area contributed by atoms with Crippen LogP contribution in [0.3, 0.4) is 0 Å². The van der Waals surface area contributed by atoms with Crippen LogP contribution in [0.15, 0.2) is 48.5 Å². The van der Waals surface area contributed by atoms with Gasteiger partial charge in [-0.2, -0.15) is 0 Å². The number of hydrogen-bond acceptors (Lipinski definition) is 3. The van der Waals surface area contributed by atoms with Gasteiger partial charge in [-0.3, -0.25) is 9.59 Å². The van der Waals surface area contributed by atoms with E-state index in [2.05, 4.69) is 5.32 Å². The molecule has 2 aromatic rings. The number of ether oxygens (including phenoxy) is 1. The first-order valence-corrected chi connectivity index (χ1v) is 10.7. The Balaban J connectivity index is 2.21. The van der Waals surface area contributed by atoms with E-state index in [1.165, 1.54) is 0 Å². The first-order valence-electron chi connectivity index (χ1n) is 10.3. The number of benzene rings is 2. The Morgan fingerprint density at radius 3 is 2.50 bits per heavy atom. The minimum Gasteiger partial charge on any atom is -0.482 e. The SMILES string of the molecule is CC[C@@H](C(=O)NCC(C)C)N(Cc1cccc(C)c1)C(=O)COc1ccccc1Cl. The summed E-state index contributed by atoms with van der Waals surface area (Å²) < 4.78 is 5.66. The number of nitrogens with one attached hydrogen (secondary N) is 1. The second kappa shape index (κ2) is 11.6. The van der Waals surface area contributed by atoms with Crippen LogP contribution >= 0.6 is 11.6 Å². The highest BCUT2D eigenvalue weighted by molar-refractivity contribution is 6.32. The molecule has 30 heavy (non-hydrogen) atoms. The Bertz CT molecular complexity index is 854. The maximum atomic E-state index is 13.1. The third-order valence-corrected chi connectivity index (χ3v) is 5.01. The molecule has 0 bridgehead atoms. The molecule has 6 heteroatoms. The van der Waals surface area contributed by atoms with Crippen molar-refractivity contribution in [2.24, 2.45) is 5.92 Å². The van der Waals surface area contributed by atoms with E-state index in [1.807, 2.05) is 52.0 Å². The van der Waals surface area contributed by atoms with Crippen molar-refractivity contribution in [3.63, 3.8) is 0 Å². The molecule has 0 saturated heterocycles. The fraction of sp³-hybridized carbons (Fsp3) is 0.417. The molecule has 0 fully saturated rings. The molecule has 0 aliphatic rings. The van der Waals surface area contributed by atoms with E-state index in [-0.39, 0.29) is 18.4 Å². The maximum absolute atomic E-state index is 13.1. The molecule has 0 aliphatic carbocycles. The summed E-state index contributed by atoms with van der Waals surface area (Å²) in [5, 5.41) is 3.40. The second-order valence-electron chi connectivity index (χ2n) is 7.79. The van der Waals surface area contributed by atoms with Crippen LogP contribution < -0.4 is 10.1 Å². The topological polar surface area (TPSA) is 58.6 Å². The molecule has 1 N–H and O–H groups in total. The Kier molecular flexibility index (Phi) is 9.18. The van der Waals surface area contributed by atoms with Gasteiger partial charge in [0, 0.05) is 13.1 Å². The highest BCUT2D eigenvalue weighted by atomic mass is 35.5. The van der Waals surface area contributed by atoms with Gasteiger partial charge in [0.05, 0.1) is 5.02 Å². The third kappa shape index (κ3) is 7.06. The van der Waals surface area contributed by atoms with Crippen molar-refractivity contribution in [1.29, 1.82) is 0 Å². The molecule has 0 heterocycles. The smallest absolute Gasteiger partial charge is 0.261 e. The fourth-order valence-electron chi connectivity index (χ4n) is 3.13. The summed E-state index contributed by atoms with van der Waals surface area (Å²) in [7, 11) is 0. The molecule has 2 rings (SSSR count). The van der Waals surface area contributed by atoms with Gasteiger partial charge in [-0.15, -0.1) is 0 Å². The Labute approximate surface area is 184 Å². The summed E-state index contributed by atoms with van der Waals surface area (Å²) in [4.78, 5) is 27.6. The van der Waals surface area contributed by atoms with Gasteiger partial charge in [-0.1, -0.05) is 74.3 Å². The van der Waals surface area contributed by atoms with Crippen molar-refractivity contribution in [2.45, 2.75) is 46.7 Å². The normalized spacial score (nSPS) is 11.8. The van der Waals surface area contributed by atoms with Crippen LogP contribution in [-0.4, -0.2) is 35.9 Å². The van der Waals surface area contributed by atoms with E-state index >= 15 is 0 Å². The Morgan fingerprint density at radius 2 is 1.87 bits per heavy atom. The zero-order valence-electron chi connectivity index (χ0n) is 18.2. The van der Waals surface area contributed by atoms with Crippen LogP contribution in [0.1, 0.15) is 38.3 Å². The first-order chi connectivity index (χ1) is 14.3. The van der Waals surface area contributed by atoms with Crippen molar-refractivity contribution in [3.8, 4) is 5.75 Å². The summed E-state index contributed by atoms with van der Waals surface area (Å²) in [6.45, 7) is 8.69. The number of hydrogen-bond donors (Lipinski definition) is 1. The predicted octanol–water partition coefficient (Wildman–Crippen LogP) is 4.61. The molecule has 1 atom stereocenters. The van der Waals surface area contributed by atoms with Gasteiger partial charge < -0.3 is 15.0 Å². The largest absolute Gasteiger partial charge is 0.482 e. The number of carbonyl (C=O) groups is 2. The molecule has 0 radical (unpaired) electrons. The Morgan fingerprint density at radius 1 is 1.13 bits per heavy atom. The minimum atomic E-state index is -0.577. The number of para-hydroxylation sites is 1. The quantitative estimate of drug-likeness (QED) is 0.598. The van der Waals surface area contributed by atoms with E-state index in [0.717, 1.165) is 11.1 Å². The minimum absolute atomic E-state index is 0.148. The standard InChI is InChI=1S/C24H31ClN2O3/c1-5-21(24(29)26-14-17(2)3)27(15-19-10-8-9-18(4)13-19)23(28)16-30-22-12-7-6-11-20(22)25/h6-13,17,21H,5,14-16H2,1-4H3,(H,26,29)/t21-/m0/s1. The zero-order valence-corrected chi connectivity index (χ0v) is 18.9. The van der Waals surface area contributed by atoms with Crippen LogP contribution in [0, 0.1) is 12.8 Å². The lowest BCUT2D eigenvalue weighted by Gasteiger charge is -2.31. The summed E-state index contributed by atoms with van der Waals surface area (Å²) in [6.07, 6.45) is 0.508. The van der Waals surface area contributed by atoms with Gasteiger partial charge in [-0.05, 0) is 37.0 Å². The number of rotatable bonds is 10.